The number of fused-ring (bicyclic) bond motifs is 1. The van der Waals surface area contributed by atoms with E-state index in [9.17, 15) is 70.6 Å². The largest absolute Gasteiger partial charge is 0.394 e. The van der Waals surface area contributed by atoms with Gasteiger partial charge in [0.05, 0.1) is 177 Å². The number of hydrogen-bond acceptors (Lipinski definition) is 41. The summed E-state index contributed by atoms with van der Waals surface area (Å²) in [5, 5.41) is 164. The van der Waals surface area contributed by atoms with E-state index in [-0.39, 0.29) is 134 Å². The molecule has 4 amide bonds. The van der Waals surface area contributed by atoms with Gasteiger partial charge in [-0.3, -0.25) is 34.3 Å². The lowest BCUT2D eigenvalue weighted by Crippen LogP contribution is -2.64. The van der Waals surface area contributed by atoms with Gasteiger partial charge in [-0.2, -0.15) is 0 Å². The van der Waals surface area contributed by atoms with E-state index in [1.165, 1.54) is 42.4 Å². The highest BCUT2D eigenvalue weighted by Gasteiger charge is 2.50. The zero-order chi connectivity index (χ0) is 87.7. The zero-order valence-electron chi connectivity index (χ0n) is 68.8. The Bertz CT molecular complexity index is 3870. The van der Waals surface area contributed by atoms with Gasteiger partial charge in [-0.1, -0.05) is 64.9 Å². The average Bonchev–Trinajstić information content (AvgIpc) is 1.64. The lowest BCUT2D eigenvalue weighted by atomic mass is 9.97. The van der Waals surface area contributed by atoms with E-state index in [0.717, 1.165) is 8.66 Å². The summed E-state index contributed by atoms with van der Waals surface area (Å²) in [5.41, 5.74) is 2.25. The normalized spacial score (nSPS) is 27.5. The van der Waals surface area contributed by atoms with Crippen molar-refractivity contribution >= 4 is 69.6 Å². The Labute approximate surface area is 726 Å². The second-order valence-corrected chi connectivity index (χ2v) is 35.7. The number of pyridine rings is 1. The van der Waals surface area contributed by atoms with Gasteiger partial charge in [-0.05, 0) is 49.2 Å². The number of alkyl halides is 1. The molecule has 20 unspecified atom stereocenters. The average molecular weight is 1900 g/mol. The summed E-state index contributed by atoms with van der Waals surface area (Å²) in [6.45, 7) is 7.43. The fraction of sp³-hybridized carbons (Fsp3) is 0.753. The Balaban J connectivity index is 0.810. The van der Waals surface area contributed by atoms with Crippen molar-refractivity contribution in [3.63, 3.8) is 0 Å². The molecule has 0 aliphatic carbocycles. The Kier molecular flexibility index (Phi) is 41.7. The molecule has 16 N–H and O–H groups in total. The Morgan fingerprint density at radius 1 is 0.512 bits per heavy atom. The van der Waals surface area contributed by atoms with Crippen molar-refractivity contribution < 1.29 is 132 Å². The standard InChI is InChI=1S/C73H117IN20O27S2/c1-43-74-57-58(77-43)70(118-52(39-95)62(57)102)114-26-22-110-18-14-91-35-47(81-85-91)31-89(32-48-36-92(86-82-48)15-19-111-23-27-115-71-59(78-44(2)99)66(106)63(103)53(40-96)119-71)13-8-6-9-51(69(109)76-12-30-122-123-56-10-5-7-11-75-56)90(33-49-37-93(87-83-49)16-20-112-24-28-116-72-60(79-45(3)100)67(107)64(104)54(41-97)120-72)34-50-38-94(88-84-50)17-21-113-25-29-117-73-61(80-46(4)101)68(108)65(105)55(42-98)121-73/h5,7,10-11,35-38,51-55,57-68,70-73,77,95-98,102-108H,6,8-9,12-34,39-42H2,1-4H3,(H,76,109)(H,78,99)(H,79,100)(H,80,101)/t51-,52?,53?,54?,55?,57?,58?,59?,60?,61?,62?,63?,64?,65?,66?,67?,68?,70?,71?,72?,73?/m1/s1. The number of aliphatic hydroxyl groups is 11. The molecular weight excluding hydrogens is 1780 g/mol. The minimum atomic E-state index is -1.49. The SMILES string of the molecule is CC(=O)NC1C(OCCOCCn2cc(CN(CCCC[C@H](C(=O)NCCSSc3ccccn3)N(Cc3cn(CCOCCOC4OC(CO)C(O)C(O)C4NC(C)=O)nn3)Cc3cn(CCOCCOC4OC(CO)C(O)C(O)C4NC(C)=O)nn3)Cc3cn(CCOCCOC4OC(CO)C(O)C5I=C(C)NC45)nn3)nn2)OC(CO)C(O)C1O. The molecule has 5 aromatic rings. The maximum atomic E-state index is 15.1. The predicted molar refractivity (Wildman–Crippen MR) is 437 cm³/mol. The third-order valence-electron chi connectivity index (χ3n) is 20.2. The summed E-state index contributed by atoms with van der Waals surface area (Å²) in [6.07, 6.45) is -7.98. The van der Waals surface area contributed by atoms with Gasteiger partial charge in [0.25, 0.3) is 0 Å². The number of unbranched alkanes of at least 4 members (excludes halogenated alkanes) is 1. The Morgan fingerprint density at radius 2 is 0.902 bits per heavy atom. The first-order chi connectivity index (χ1) is 59.5. The van der Waals surface area contributed by atoms with Crippen LogP contribution in [0.2, 0.25) is 0 Å². The molecular formula is C73H117IN20O27S2. The van der Waals surface area contributed by atoms with Crippen LogP contribution >= 0.6 is 42.3 Å². The van der Waals surface area contributed by atoms with Crippen LogP contribution in [0.4, 0.5) is 0 Å². The molecule has 0 saturated carbocycles. The number of amides is 4. The summed E-state index contributed by atoms with van der Waals surface area (Å²) in [4.78, 5) is 59.6. The molecule has 4 fully saturated rings. The summed E-state index contributed by atoms with van der Waals surface area (Å²) in [7, 11) is 3.02. The van der Waals surface area contributed by atoms with Crippen molar-refractivity contribution in [1.82, 2.24) is 101 Å². The molecule has 0 aromatic carbocycles. The third kappa shape index (κ3) is 30.8. The van der Waals surface area contributed by atoms with Gasteiger partial charge in [-0.25, -0.2) is 23.7 Å². The number of nitrogens with zero attached hydrogens (tertiary/aromatic N) is 15. The van der Waals surface area contributed by atoms with Crippen LogP contribution in [0.3, 0.4) is 0 Å². The first-order valence-electron chi connectivity index (χ1n) is 40.6. The first-order valence-corrected chi connectivity index (χ1v) is 45.3. The zero-order valence-corrected chi connectivity index (χ0v) is 72.6. The molecule has 4 saturated heterocycles. The van der Waals surface area contributed by atoms with Gasteiger partial charge in [0.15, 0.2) is 25.2 Å². The van der Waals surface area contributed by atoms with E-state index in [0.29, 0.717) is 80.5 Å². The van der Waals surface area contributed by atoms with E-state index in [1.807, 2.05) is 36.2 Å². The summed E-state index contributed by atoms with van der Waals surface area (Å²) >= 11 is -0.484. The fourth-order valence-corrected chi connectivity index (χ4v) is 19.3. The Morgan fingerprint density at radius 3 is 1.29 bits per heavy atom. The second-order valence-electron chi connectivity index (χ2n) is 29.6. The number of aliphatic hydroxyl groups excluding tert-OH is 11. The number of carbonyl (C=O) groups excluding carboxylic acids is 4. The summed E-state index contributed by atoms with van der Waals surface area (Å²) in [5.74, 6) is -1.22. The molecule has 0 bridgehead atoms. The van der Waals surface area contributed by atoms with Gasteiger partial charge in [0.2, 0.25) is 23.6 Å². The van der Waals surface area contributed by atoms with E-state index >= 15 is 4.79 Å². The predicted octanol–water partition coefficient (Wildman–Crippen LogP) is -7.25. The first kappa shape index (κ1) is 99.0. The van der Waals surface area contributed by atoms with Crippen LogP contribution in [0, 0.1) is 0 Å². The number of nitrogens with one attached hydrogen (secondary N) is 5. The maximum absolute atomic E-state index is 15.1. The molecule has 123 heavy (non-hydrogen) atoms. The molecule has 47 nitrogen and oxygen atoms in total. The van der Waals surface area contributed by atoms with Crippen LogP contribution in [0.25, 0.3) is 0 Å². The minimum Gasteiger partial charge on any atom is -0.394 e. The highest BCUT2D eigenvalue weighted by atomic mass is 127. The van der Waals surface area contributed by atoms with Crippen LogP contribution < -0.4 is 26.6 Å². The van der Waals surface area contributed by atoms with Crippen molar-refractivity contribution in [1.29, 1.82) is 0 Å². The number of hydrogen-bond donors (Lipinski definition) is 16. The highest BCUT2D eigenvalue weighted by Crippen LogP contribution is 2.36. The van der Waals surface area contributed by atoms with Crippen molar-refractivity contribution in [2.45, 2.75) is 231 Å². The van der Waals surface area contributed by atoms with Crippen LogP contribution in [0.5, 0.6) is 0 Å². The minimum absolute atomic E-state index is 0.0313. The van der Waals surface area contributed by atoms with Gasteiger partial charge < -0.3 is 134 Å². The van der Waals surface area contributed by atoms with E-state index in [1.54, 1.807) is 43.5 Å². The van der Waals surface area contributed by atoms with Crippen LogP contribution in [-0.4, -0.2) is 409 Å². The van der Waals surface area contributed by atoms with Crippen LogP contribution in [0.1, 0.15) is 69.7 Å². The van der Waals surface area contributed by atoms with Crippen molar-refractivity contribution in [3.8, 4) is 0 Å². The lowest BCUT2D eigenvalue weighted by Gasteiger charge is -2.42. The van der Waals surface area contributed by atoms with Crippen LogP contribution in [0.15, 0.2) is 54.2 Å². The molecule has 0 radical (unpaired) electrons. The van der Waals surface area contributed by atoms with Crippen molar-refractivity contribution in [2.24, 2.45) is 0 Å². The number of halogens is 1. The van der Waals surface area contributed by atoms with Gasteiger partial charge >= 0.3 is 0 Å². The Hall–Kier alpha value is -6.15. The van der Waals surface area contributed by atoms with Crippen LogP contribution in [-0.2, 0) is 128 Å². The van der Waals surface area contributed by atoms with E-state index in [4.69, 9.17) is 56.8 Å². The topological polar surface area (TPSA) is 604 Å². The molecule has 5 aliphatic heterocycles. The summed E-state index contributed by atoms with van der Waals surface area (Å²) < 4.78 is 77.7. The van der Waals surface area contributed by atoms with Gasteiger partial charge in [0.1, 0.15) is 84.2 Å². The number of aromatic nitrogens is 13. The second kappa shape index (κ2) is 51.7. The quantitative estimate of drug-likeness (QED) is 0.00744. The van der Waals surface area contributed by atoms with Gasteiger partial charge in [-0.15, -0.1) is 20.4 Å². The molecule has 21 atom stereocenters. The molecule has 10 rings (SSSR count). The third-order valence-corrected chi connectivity index (χ3v) is 25.9. The molecule has 5 aliphatic rings. The number of ether oxygens (including phenoxy) is 12. The number of carbonyl (C=O) groups is 4. The monoisotopic (exact) mass is 1900 g/mol. The molecule has 5 aromatic heterocycles. The summed E-state index contributed by atoms with van der Waals surface area (Å²) in [6, 6.07) is 1.22. The van der Waals surface area contributed by atoms with Crippen molar-refractivity contribution in [2.75, 3.05) is 125 Å². The molecule has 50 heteroatoms. The van der Waals surface area contributed by atoms with E-state index < -0.39 is 175 Å². The molecule has 690 valence electrons. The van der Waals surface area contributed by atoms with Crippen molar-refractivity contribution in [3.05, 3.63) is 72.0 Å². The fourth-order valence-electron chi connectivity index (χ4n) is 14.1. The van der Waals surface area contributed by atoms with E-state index in [2.05, 4.69) is 77.7 Å². The number of rotatable bonds is 55. The smallest absolute Gasteiger partial charge is 0.237 e. The molecule has 10 heterocycles. The highest BCUT2D eigenvalue weighted by molar-refractivity contribution is 14.2. The maximum Gasteiger partial charge on any atom is 0.237 e. The molecule has 0 spiro atoms. The van der Waals surface area contributed by atoms with Gasteiger partial charge in [0, 0.05) is 93.9 Å². The lowest BCUT2D eigenvalue weighted by molar-refractivity contribution is -0.272.